The number of carboxylic acid groups (broad SMARTS) is 1. The largest absolute Gasteiger partial charge is 0.511 e. The number of benzene rings is 3. The summed E-state index contributed by atoms with van der Waals surface area (Å²) >= 11 is 0. The first-order valence-electron chi connectivity index (χ1n) is 13.8. The quantitative estimate of drug-likeness (QED) is 0.160. The van der Waals surface area contributed by atoms with Gasteiger partial charge in [-0.3, -0.25) is 0 Å². The minimum Gasteiger partial charge on any atom is -0.449 e. The van der Waals surface area contributed by atoms with Crippen LogP contribution in [0.3, 0.4) is 0 Å². The van der Waals surface area contributed by atoms with Gasteiger partial charge in [0.2, 0.25) is 0 Å². The highest BCUT2D eigenvalue weighted by atomic mass is 16.7. The molecular formula is C33H36N4O3. The first-order valence-corrected chi connectivity index (χ1v) is 13.8. The van der Waals surface area contributed by atoms with Gasteiger partial charge in [-0.2, -0.15) is 0 Å². The molecule has 0 saturated heterocycles. The van der Waals surface area contributed by atoms with E-state index in [1.165, 1.54) is 5.69 Å². The van der Waals surface area contributed by atoms with Crippen LogP contribution >= 0.6 is 0 Å². The Morgan fingerprint density at radius 1 is 0.975 bits per heavy atom. The van der Waals surface area contributed by atoms with Crippen molar-refractivity contribution in [2.24, 2.45) is 0 Å². The summed E-state index contributed by atoms with van der Waals surface area (Å²) in [6.45, 7) is 13.6. The van der Waals surface area contributed by atoms with Crippen LogP contribution in [0, 0.1) is 20.8 Å². The average Bonchev–Trinajstić information content (AvgIpc) is 3.41. The summed E-state index contributed by atoms with van der Waals surface area (Å²) in [4.78, 5) is 21.2. The zero-order valence-corrected chi connectivity index (χ0v) is 24.0. The lowest BCUT2D eigenvalue weighted by atomic mass is 10.0. The van der Waals surface area contributed by atoms with Crippen molar-refractivity contribution in [3.63, 3.8) is 0 Å². The monoisotopic (exact) mass is 536 g/mol. The van der Waals surface area contributed by atoms with Crippen LogP contribution in [-0.2, 0) is 13.0 Å². The number of aromatic nitrogens is 4. The second-order valence-corrected chi connectivity index (χ2v) is 10.7. The van der Waals surface area contributed by atoms with Crippen molar-refractivity contribution in [2.75, 3.05) is 0 Å². The summed E-state index contributed by atoms with van der Waals surface area (Å²) in [5.41, 5.74) is 9.39. The van der Waals surface area contributed by atoms with Gasteiger partial charge in [0.25, 0.3) is 0 Å². The molecule has 0 radical (unpaired) electrons. The maximum atomic E-state index is 11.1. The Kier molecular flexibility index (Phi) is 7.48. The van der Waals surface area contributed by atoms with E-state index in [0.29, 0.717) is 18.3 Å². The van der Waals surface area contributed by atoms with Crippen molar-refractivity contribution in [1.82, 2.24) is 19.1 Å². The number of hydrogen-bond acceptors (Lipinski definition) is 4. The number of rotatable bonds is 8. The molecule has 0 aliphatic rings. The molecule has 7 nitrogen and oxygen atoms in total. The number of ether oxygens (including phenoxy) is 1. The Morgan fingerprint density at radius 2 is 1.70 bits per heavy atom. The van der Waals surface area contributed by atoms with Crippen LogP contribution < -0.4 is 4.74 Å². The van der Waals surface area contributed by atoms with Crippen LogP contribution in [0.2, 0.25) is 0 Å². The molecule has 0 amide bonds. The standard InChI is InChI=1S/C33H36N4O3/c1-7-10-30-35-31-21(4)17-26(32-34-22(5)23(6)37(32)20(2)3)18-28(31)36(30)19-24-13-15-25(16-14-24)27-11-8-9-12-29(27)40-33(38)39/h8-9,11-18,20H,7,10,19H2,1-6H3,(H,38,39). The van der Waals surface area contributed by atoms with Crippen LogP contribution in [0.5, 0.6) is 5.75 Å². The SMILES string of the molecule is CCCc1nc2c(C)cc(-c3nc(C)c(C)n3C(C)C)cc2n1Cc1ccc(-c2ccccc2OC(=O)O)cc1. The molecule has 0 unspecified atom stereocenters. The van der Waals surface area contributed by atoms with E-state index in [0.717, 1.165) is 69.0 Å². The lowest BCUT2D eigenvalue weighted by molar-refractivity contribution is 0.144. The summed E-state index contributed by atoms with van der Waals surface area (Å²) in [5.74, 6) is 2.38. The molecule has 0 bridgehead atoms. The maximum absolute atomic E-state index is 11.1. The predicted molar refractivity (Wildman–Crippen MR) is 159 cm³/mol. The zero-order valence-electron chi connectivity index (χ0n) is 24.0. The topological polar surface area (TPSA) is 82.2 Å². The molecular weight excluding hydrogens is 500 g/mol. The van der Waals surface area contributed by atoms with E-state index in [1.54, 1.807) is 12.1 Å². The van der Waals surface area contributed by atoms with E-state index in [9.17, 15) is 4.79 Å². The van der Waals surface area contributed by atoms with Crippen molar-refractivity contribution >= 4 is 17.2 Å². The minimum absolute atomic E-state index is 0.303. The Morgan fingerprint density at radius 3 is 2.38 bits per heavy atom. The fraction of sp³-hybridized carbons (Fsp3) is 0.303. The molecule has 1 N–H and O–H groups in total. The fourth-order valence-electron chi connectivity index (χ4n) is 5.48. The van der Waals surface area contributed by atoms with E-state index < -0.39 is 6.16 Å². The molecule has 3 aromatic carbocycles. The van der Waals surface area contributed by atoms with Crippen LogP contribution in [0.25, 0.3) is 33.5 Å². The Labute approximate surface area is 235 Å². The maximum Gasteiger partial charge on any atom is 0.511 e. The first-order chi connectivity index (χ1) is 19.2. The first kappa shape index (κ1) is 27.2. The van der Waals surface area contributed by atoms with Crippen molar-refractivity contribution in [2.45, 2.75) is 67.0 Å². The minimum atomic E-state index is -1.32. The van der Waals surface area contributed by atoms with Gasteiger partial charge in [0.15, 0.2) is 0 Å². The summed E-state index contributed by atoms with van der Waals surface area (Å²) < 4.78 is 9.64. The highest BCUT2D eigenvalue weighted by molar-refractivity contribution is 5.85. The zero-order chi connectivity index (χ0) is 28.6. The third-order valence-corrected chi connectivity index (χ3v) is 7.45. The molecule has 0 fully saturated rings. The molecule has 7 heteroatoms. The van der Waals surface area contributed by atoms with Crippen molar-refractivity contribution in [3.05, 3.63) is 89.0 Å². The van der Waals surface area contributed by atoms with Gasteiger partial charge in [0, 0.05) is 35.8 Å². The van der Waals surface area contributed by atoms with Crippen LogP contribution in [-0.4, -0.2) is 30.4 Å². The summed E-state index contributed by atoms with van der Waals surface area (Å²) in [6.07, 6.45) is 0.570. The number of carbonyl (C=O) groups is 1. The van der Waals surface area contributed by atoms with Gasteiger partial charge in [-0.25, -0.2) is 14.8 Å². The van der Waals surface area contributed by atoms with Gasteiger partial charge in [-0.15, -0.1) is 0 Å². The number of aryl methyl sites for hydroxylation is 3. The number of fused-ring (bicyclic) bond motifs is 1. The van der Waals surface area contributed by atoms with Crippen molar-refractivity contribution in [1.29, 1.82) is 0 Å². The molecule has 206 valence electrons. The Balaban J connectivity index is 1.56. The smallest absolute Gasteiger partial charge is 0.449 e. The number of imidazole rings is 2. The van der Waals surface area contributed by atoms with E-state index in [-0.39, 0.29) is 0 Å². The van der Waals surface area contributed by atoms with Crippen LogP contribution in [0.4, 0.5) is 4.79 Å². The molecule has 40 heavy (non-hydrogen) atoms. The predicted octanol–water partition coefficient (Wildman–Crippen LogP) is 8.13. The number of hydrogen-bond donors (Lipinski definition) is 1. The van der Waals surface area contributed by atoms with E-state index in [2.05, 4.69) is 74.9 Å². The molecule has 0 aliphatic heterocycles. The van der Waals surface area contributed by atoms with Gasteiger partial charge in [0.05, 0.1) is 16.7 Å². The summed E-state index contributed by atoms with van der Waals surface area (Å²) in [7, 11) is 0. The molecule has 0 aliphatic carbocycles. The molecule has 5 aromatic rings. The fourth-order valence-corrected chi connectivity index (χ4v) is 5.48. The lowest BCUT2D eigenvalue weighted by Crippen LogP contribution is -2.07. The van der Waals surface area contributed by atoms with Gasteiger partial charge in [-0.05, 0) is 75.9 Å². The average molecular weight is 537 g/mol. The lowest BCUT2D eigenvalue weighted by Gasteiger charge is -2.15. The highest BCUT2D eigenvalue weighted by Crippen LogP contribution is 2.33. The van der Waals surface area contributed by atoms with Crippen molar-refractivity contribution < 1.29 is 14.6 Å². The Bertz CT molecular complexity index is 1690. The molecule has 0 atom stereocenters. The Hall–Kier alpha value is -4.39. The molecule has 0 spiro atoms. The summed E-state index contributed by atoms with van der Waals surface area (Å²) in [5, 5.41) is 9.11. The van der Waals surface area contributed by atoms with Gasteiger partial charge in [0.1, 0.15) is 17.4 Å². The van der Waals surface area contributed by atoms with Gasteiger partial charge < -0.3 is 19.0 Å². The van der Waals surface area contributed by atoms with E-state index >= 15 is 0 Å². The van der Waals surface area contributed by atoms with Crippen LogP contribution in [0.1, 0.15) is 61.6 Å². The molecule has 5 rings (SSSR count). The highest BCUT2D eigenvalue weighted by Gasteiger charge is 2.19. The third-order valence-electron chi connectivity index (χ3n) is 7.45. The number of para-hydroxylation sites is 1. The van der Waals surface area contributed by atoms with Gasteiger partial charge in [-0.1, -0.05) is 49.4 Å². The molecule has 2 heterocycles. The third kappa shape index (κ3) is 5.11. The van der Waals surface area contributed by atoms with Crippen molar-refractivity contribution in [3.8, 4) is 28.3 Å². The van der Waals surface area contributed by atoms with E-state index in [1.807, 2.05) is 24.3 Å². The van der Waals surface area contributed by atoms with Crippen LogP contribution in [0.15, 0.2) is 60.7 Å². The summed E-state index contributed by atoms with van der Waals surface area (Å²) in [6, 6.07) is 20.1. The molecule has 0 saturated carbocycles. The normalized spacial score (nSPS) is 11.5. The number of nitrogens with zero attached hydrogens (tertiary/aromatic N) is 4. The second kappa shape index (κ2) is 11.0. The molecule has 2 aromatic heterocycles. The van der Waals surface area contributed by atoms with E-state index in [4.69, 9.17) is 19.8 Å². The second-order valence-electron chi connectivity index (χ2n) is 10.7. The van der Waals surface area contributed by atoms with Gasteiger partial charge >= 0.3 is 6.16 Å².